The molecule has 4 rings (SSSR count). The Morgan fingerprint density at radius 2 is 1.97 bits per heavy atom. The third kappa shape index (κ3) is 5.05. The van der Waals surface area contributed by atoms with Gasteiger partial charge >= 0.3 is 6.09 Å². The molecule has 0 radical (unpaired) electrons. The third-order valence-corrected chi connectivity index (χ3v) is 5.95. The summed E-state index contributed by atoms with van der Waals surface area (Å²) in [6.45, 7) is 2.98. The number of carbonyl (C=O) groups is 1. The summed E-state index contributed by atoms with van der Waals surface area (Å²) >= 11 is 0. The van der Waals surface area contributed by atoms with E-state index in [0.29, 0.717) is 30.5 Å². The smallest absolute Gasteiger partial charge is 0.414 e. The molecule has 2 heterocycles. The highest BCUT2D eigenvalue weighted by molar-refractivity contribution is 5.90. The van der Waals surface area contributed by atoms with E-state index in [-0.39, 0.29) is 13.1 Å². The number of carbonyl (C=O) groups excluding carboxylic acids is 1. The maximum atomic E-state index is 15.0. The first-order chi connectivity index (χ1) is 14.8. The molecule has 0 spiro atoms. The molecule has 2 unspecified atom stereocenters. The number of hydrogen-bond donors (Lipinski definition) is 2. The largest absolute Gasteiger partial charge is 0.443 e. The first-order valence-electron chi connectivity index (χ1n) is 10.5. The Balaban J connectivity index is 1.38. The number of nitrogens with zero attached hydrogens (tertiary/aromatic N) is 4. The molecule has 1 saturated carbocycles. The van der Waals surface area contributed by atoms with Crippen LogP contribution in [0.25, 0.3) is 0 Å². The lowest BCUT2D eigenvalue weighted by atomic mass is 10.2. The third-order valence-electron chi connectivity index (χ3n) is 5.95. The van der Waals surface area contributed by atoms with Crippen molar-refractivity contribution in [2.75, 3.05) is 56.1 Å². The molecule has 11 heteroatoms. The molecule has 0 aromatic heterocycles. The number of benzene rings is 1. The SMILES string of the molecule is CN1CCN(c2ccc(N3CC(CNC(O)C(F)F)OC3=O)cc2F)CCN1C1CC1. The predicted octanol–water partition coefficient (Wildman–Crippen LogP) is 1.46. The van der Waals surface area contributed by atoms with Gasteiger partial charge in [0.05, 0.1) is 17.9 Å². The molecule has 1 aromatic rings. The number of aliphatic hydroxyl groups is 1. The minimum atomic E-state index is -2.94. The van der Waals surface area contributed by atoms with Crippen molar-refractivity contribution in [2.45, 2.75) is 37.6 Å². The van der Waals surface area contributed by atoms with E-state index in [4.69, 9.17) is 9.84 Å². The summed E-state index contributed by atoms with van der Waals surface area (Å²) < 4.78 is 44.9. The van der Waals surface area contributed by atoms with E-state index in [0.717, 1.165) is 13.1 Å². The Hall–Kier alpha value is -2.08. The van der Waals surface area contributed by atoms with Gasteiger partial charge in [-0.1, -0.05) is 0 Å². The lowest BCUT2D eigenvalue weighted by molar-refractivity contribution is -0.0286. The van der Waals surface area contributed by atoms with Crippen LogP contribution in [0.5, 0.6) is 0 Å². The maximum Gasteiger partial charge on any atom is 0.414 e. The number of hydrogen-bond acceptors (Lipinski definition) is 7. The number of aliphatic hydroxyl groups excluding tert-OH is 1. The first kappa shape index (κ1) is 22.1. The van der Waals surface area contributed by atoms with E-state index in [1.165, 1.54) is 23.8 Å². The summed E-state index contributed by atoms with van der Waals surface area (Å²) in [6, 6.07) is 5.23. The van der Waals surface area contributed by atoms with E-state index in [1.54, 1.807) is 12.1 Å². The van der Waals surface area contributed by atoms with Gasteiger partial charge in [0, 0.05) is 45.8 Å². The van der Waals surface area contributed by atoms with Gasteiger partial charge < -0.3 is 14.7 Å². The van der Waals surface area contributed by atoms with Crippen molar-refractivity contribution in [3.63, 3.8) is 0 Å². The average Bonchev–Trinajstić information content (AvgIpc) is 3.52. The Labute approximate surface area is 179 Å². The summed E-state index contributed by atoms with van der Waals surface area (Å²) in [5.41, 5.74) is 0.829. The number of amides is 1. The summed E-state index contributed by atoms with van der Waals surface area (Å²) in [7, 11) is 2.06. The number of rotatable bonds is 7. The lowest BCUT2D eigenvalue weighted by Crippen LogP contribution is -2.42. The number of ether oxygens (including phenoxy) is 1. The standard InChI is InChI=1S/C20H28F3N5O3/c1-25-6-7-26(8-9-28(25)13-2-3-13)17-5-4-14(10-16(17)21)27-12-15(31-20(27)30)11-24-19(29)18(22)23/h4-5,10,13,15,18-19,24,29H,2-3,6-9,11-12H2,1H3. The van der Waals surface area contributed by atoms with Gasteiger partial charge in [0.25, 0.3) is 6.43 Å². The molecule has 1 amide bonds. The summed E-state index contributed by atoms with van der Waals surface area (Å²) in [4.78, 5) is 15.4. The van der Waals surface area contributed by atoms with Gasteiger partial charge in [-0.25, -0.2) is 28.0 Å². The molecule has 1 aromatic carbocycles. The summed E-state index contributed by atoms with van der Waals surface area (Å²) in [6.07, 6.45) is -3.92. The molecule has 1 aliphatic carbocycles. The second-order valence-electron chi connectivity index (χ2n) is 8.20. The maximum absolute atomic E-state index is 15.0. The van der Waals surface area contributed by atoms with Crippen LogP contribution in [-0.4, -0.2) is 92.3 Å². The molecule has 8 nitrogen and oxygen atoms in total. The van der Waals surface area contributed by atoms with Crippen molar-refractivity contribution in [1.82, 2.24) is 15.3 Å². The van der Waals surface area contributed by atoms with E-state index >= 15 is 0 Å². The molecule has 31 heavy (non-hydrogen) atoms. The second kappa shape index (κ2) is 9.19. The Bertz CT molecular complexity index is 797. The zero-order valence-corrected chi connectivity index (χ0v) is 17.4. The van der Waals surface area contributed by atoms with Crippen LogP contribution >= 0.6 is 0 Å². The number of hydrazine groups is 1. The monoisotopic (exact) mass is 443 g/mol. The number of alkyl halides is 2. The van der Waals surface area contributed by atoms with E-state index < -0.39 is 30.7 Å². The second-order valence-corrected chi connectivity index (χ2v) is 8.20. The van der Waals surface area contributed by atoms with Crippen LogP contribution in [0.3, 0.4) is 0 Å². The Morgan fingerprint density at radius 3 is 2.65 bits per heavy atom. The van der Waals surface area contributed by atoms with E-state index in [9.17, 15) is 18.0 Å². The number of halogens is 3. The lowest BCUT2D eigenvalue weighted by Gasteiger charge is -2.29. The summed E-state index contributed by atoms with van der Waals surface area (Å²) in [5, 5.41) is 15.9. The summed E-state index contributed by atoms with van der Waals surface area (Å²) in [5.74, 6) is -0.428. The van der Waals surface area contributed by atoms with Gasteiger partial charge in [-0.05, 0) is 31.0 Å². The van der Waals surface area contributed by atoms with Crippen molar-refractivity contribution >= 4 is 17.5 Å². The van der Waals surface area contributed by atoms with Crippen molar-refractivity contribution in [3.05, 3.63) is 24.0 Å². The molecule has 3 fully saturated rings. The van der Waals surface area contributed by atoms with Gasteiger partial charge in [0.15, 0.2) is 6.23 Å². The highest BCUT2D eigenvalue weighted by Crippen LogP contribution is 2.31. The van der Waals surface area contributed by atoms with Crippen LogP contribution in [0.1, 0.15) is 12.8 Å². The van der Waals surface area contributed by atoms with Crippen molar-refractivity contribution < 1.29 is 27.8 Å². The van der Waals surface area contributed by atoms with Crippen LogP contribution in [0.2, 0.25) is 0 Å². The predicted molar refractivity (Wildman–Crippen MR) is 109 cm³/mol. The fourth-order valence-electron chi connectivity index (χ4n) is 4.07. The molecule has 2 saturated heterocycles. The highest BCUT2D eigenvalue weighted by Gasteiger charge is 2.35. The molecular formula is C20H28F3N5O3. The number of nitrogens with one attached hydrogen (secondary N) is 1. The minimum absolute atomic E-state index is 0.0748. The first-order valence-corrected chi connectivity index (χ1v) is 10.5. The van der Waals surface area contributed by atoms with Crippen LogP contribution in [0, 0.1) is 5.82 Å². The van der Waals surface area contributed by atoms with E-state index in [1.807, 2.05) is 4.90 Å². The quantitative estimate of drug-likeness (QED) is 0.619. The van der Waals surface area contributed by atoms with E-state index in [2.05, 4.69) is 22.4 Å². The Kier molecular flexibility index (Phi) is 6.56. The molecule has 2 atom stereocenters. The zero-order chi connectivity index (χ0) is 22.1. The molecule has 0 bridgehead atoms. The topological polar surface area (TPSA) is 71.5 Å². The molecule has 172 valence electrons. The number of likely N-dealkylation sites (N-methyl/N-ethyl adjacent to an activating group) is 1. The molecule has 3 aliphatic rings. The molecule has 2 aliphatic heterocycles. The Morgan fingerprint density at radius 1 is 1.23 bits per heavy atom. The van der Waals surface area contributed by atoms with Gasteiger partial charge in [-0.15, -0.1) is 0 Å². The van der Waals surface area contributed by atoms with Crippen LogP contribution in [-0.2, 0) is 4.74 Å². The van der Waals surface area contributed by atoms with Crippen molar-refractivity contribution in [1.29, 1.82) is 0 Å². The fourth-order valence-corrected chi connectivity index (χ4v) is 4.07. The van der Waals surface area contributed by atoms with Crippen LogP contribution in [0.4, 0.5) is 29.3 Å². The number of anilines is 2. The average molecular weight is 443 g/mol. The fraction of sp³-hybridized carbons (Fsp3) is 0.650. The van der Waals surface area contributed by atoms with Crippen LogP contribution in [0.15, 0.2) is 18.2 Å². The zero-order valence-electron chi connectivity index (χ0n) is 17.4. The van der Waals surface area contributed by atoms with Gasteiger partial charge in [0.1, 0.15) is 11.9 Å². The highest BCUT2D eigenvalue weighted by atomic mass is 19.3. The van der Waals surface area contributed by atoms with Gasteiger partial charge in [0.2, 0.25) is 0 Å². The van der Waals surface area contributed by atoms with Crippen LogP contribution < -0.4 is 15.1 Å². The molecule has 2 N–H and O–H groups in total. The van der Waals surface area contributed by atoms with Crippen molar-refractivity contribution in [2.24, 2.45) is 0 Å². The van der Waals surface area contributed by atoms with Gasteiger partial charge in [-0.2, -0.15) is 0 Å². The number of cyclic esters (lactones) is 1. The van der Waals surface area contributed by atoms with Crippen molar-refractivity contribution in [3.8, 4) is 0 Å². The minimum Gasteiger partial charge on any atom is -0.443 e. The molecular weight excluding hydrogens is 415 g/mol. The normalized spacial score (nSPS) is 24.6. The van der Waals surface area contributed by atoms with Gasteiger partial charge in [-0.3, -0.25) is 10.2 Å².